The minimum Gasteiger partial charge on any atom is -0.385 e. The summed E-state index contributed by atoms with van der Waals surface area (Å²) in [6.45, 7) is 7.65. The van der Waals surface area contributed by atoms with Crippen LogP contribution in [0.4, 0.5) is 0 Å². The van der Waals surface area contributed by atoms with Crippen molar-refractivity contribution >= 4 is 0 Å². The molecule has 0 atom stereocenters. The molecule has 0 spiro atoms. The lowest BCUT2D eigenvalue weighted by Gasteiger charge is -2.39. The Kier molecular flexibility index (Phi) is 4.05. The van der Waals surface area contributed by atoms with Crippen molar-refractivity contribution < 1.29 is 5.11 Å². The van der Waals surface area contributed by atoms with Crippen molar-refractivity contribution in [3.05, 3.63) is 34.9 Å². The van der Waals surface area contributed by atoms with Crippen LogP contribution >= 0.6 is 0 Å². The highest BCUT2D eigenvalue weighted by Crippen LogP contribution is 2.34. The number of hydrogen-bond acceptors (Lipinski definition) is 3. The first-order chi connectivity index (χ1) is 8.55. The van der Waals surface area contributed by atoms with E-state index in [0.29, 0.717) is 6.54 Å². The van der Waals surface area contributed by atoms with Crippen LogP contribution in [0.25, 0.3) is 0 Å². The Bertz CT molecular complexity index is 409. The van der Waals surface area contributed by atoms with Gasteiger partial charge in [0.15, 0.2) is 0 Å². The Labute approximate surface area is 110 Å². The molecule has 3 heteroatoms. The molecule has 18 heavy (non-hydrogen) atoms. The Morgan fingerprint density at radius 1 is 1.28 bits per heavy atom. The maximum absolute atomic E-state index is 10.9. The molecule has 1 saturated heterocycles. The summed E-state index contributed by atoms with van der Waals surface area (Å²) in [4.78, 5) is 2.33. The van der Waals surface area contributed by atoms with Crippen LogP contribution < -0.4 is 5.73 Å². The van der Waals surface area contributed by atoms with Crippen LogP contribution in [0.1, 0.15) is 29.5 Å². The molecule has 0 radical (unpaired) electrons. The van der Waals surface area contributed by atoms with E-state index in [-0.39, 0.29) is 0 Å². The predicted octanol–water partition coefficient (Wildman–Crippen LogP) is 1.55. The number of rotatable bonds is 3. The van der Waals surface area contributed by atoms with Gasteiger partial charge in [0.1, 0.15) is 0 Å². The number of nitrogens with two attached hydrogens (primary N) is 1. The van der Waals surface area contributed by atoms with Crippen molar-refractivity contribution in [2.45, 2.75) is 32.3 Å². The molecular weight excluding hydrogens is 224 g/mol. The first kappa shape index (κ1) is 13.5. The van der Waals surface area contributed by atoms with Gasteiger partial charge in [0.2, 0.25) is 0 Å². The van der Waals surface area contributed by atoms with Crippen LogP contribution in [-0.2, 0) is 5.60 Å². The minimum absolute atomic E-state index is 0.652. The van der Waals surface area contributed by atoms with Gasteiger partial charge in [-0.3, -0.25) is 0 Å². The van der Waals surface area contributed by atoms with Crippen LogP contribution in [0.2, 0.25) is 0 Å². The van der Waals surface area contributed by atoms with Gasteiger partial charge in [0.25, 0.3) is 0 Å². The zero-order valence-electron chi connectivity index (χ0n) is 11.4. The van der Waals surface area contributed by atoms with Gasteiger partial charge in [-0.05, 0) is 37.8 Å². The van der Waals surface area contributed by atoms with Crippen molar-refractivity contribution in [3.8, 4) is 0 Å². The van der Waals surface area contributed by atoms with Crippen LogP contribution in [0.3, 0.4) is 0 Å². The third-order valence-electron chi connectivity index (χ3n) is 4.02. The van der Waals surface area contributed by atoms with E-state index >= 15 is 0 Å². The highest BCUT2D eigenvalue weighted by Gasteiger charge is 2.34. The van der Waals surface area contributed by atoms with Crippen molar-refractivity contribution in [3.63, 3.8) is 0 Å². The Morgan fingerprint density at radius 3 is 2.56 bits per heavy atom. The maximum Gasteiger partial charge on any atom is 0.0923 e. The SMILES string of the molecule is Cc1ccc(C)c(C2(O)CCN(CCN)CC2)c1. The molecule has 3 N–H and O–H groups in total. The number of benzene rings is 1. The lowest BCUT2D eigenvalue weighted by Crippen LogP contribution is -2.44. The molecule has 1 aromatic carbocycles. The van der Waals surface area contributed by atoms with Gasteiger partial charge in [-0.25, -0.2) is 0 Å². The monoisotopic (exact) mass is 248 g/mol. The van der Waals surface area contributed by atoms with E-state index in [9.17, 15) is 5.11 Å². The topological polar surface area (TPSA) is 49.5 Å². The van der Waals surface area contributed by atoms with Gasteiger partial charge in [0.05, 0.1) is 5.60 Å². The first-order valence-corrected chi connectivity index (χ1v) is 6.78. The molecule has 0 unspecified atom stereocenters. The number of likely N-dealkylation sites (tertiary alicyclic amines) is 1. The molecule has 0 amide bonds. The van der Waals surface area contributed by atoms with Gasteiger partial charge in [0, 0.05) is 26.2 Å². The molecule has 2 rings (SSSR count). The fourth-order valence-electron chi connectivity index (χ4n) is 2.84. The highest BCUT2D eigenvalue weighted by atomic mass is 16.3. The summed E-state index contributed by atoms with van der Waals surface area (Å²) in [5.74, 6) is 0. The molecule has 1 aliphatic heterocycles. The molecule has 0 bridgehead atoms. The molecule has 1 fully saturated rings. The Morgan fingerprint density at radius 2 is 1.94 bits per heavy atom. The van der Waals surface area contributed by atoms with E-state index in [4.69, 9.17) is 5.73 Å². The smallest absolute Gasteiger partial charge is 0.0923 e. The summed E-state index contributed by atoms with van der Waals surface area (Å²) in [5.41, 5.74) is 8.44. The number of piperidine rings is 1. The first-order valence-electron chi connectivity index (χ1n) is 6.78. The summed E-state index contributed by atoms with van der Waals surface area (Å²) >= 11 is 0. The van der Waals surface area contributed by atoms with E-state index in [2.05, 4.69) is 36.9 Å². The Balaban J connectivity index is 2.15. The summed E-state index contributed by atoms with van der Waals surface area (Å²) in [5, 5.41) is 10.9. The largest absolute Gasteiger partial charge is 0.385 e. The van der Waals surface area contributed by atoms with E-state index in [1.54, 1.807) is 0 Å². The minimum atomic E-state index is -0.652. The van der Waals surface area contributed by atoms with E-state index in [0.717, 1.165) is 38.0 Å². The maximum atomic E-state index is 10.9. The molecule has 0 aliphatic carbocycles. The van der Waals surface area contributed by atoms with E-state index in [1.807, 2.05) is 0 Å². The third kappa shape index (κ3) is 2.74. The fraction of sp³-hybridized carbons (Fsp3) is 0.600. The van der Waals surface area contributed by atoms with Crippen LogP contribution in [0, 0.1) is 13.8 Å². The van der Waals surface area contributed by atoms with Crippen LogP contribution in [-0.4, -0.2) is 36.2 Å². The van der Waals surface area contributed by atoms with Crippen LogP contribution in [0.15, 0.2) is 18.2 Å². The average Bonchev–Trinajstić information content (AvgIpc) is 2.36. The van der Waals surface area contributed by atoms with Gasteiger partial charge < -0.3 is 15.7 Å². The summed E-state index contributed by atoms with van der Waals surface area (Å²) < 4.78 is 0. The number of nitrogens with zero attached hydrogens (tertiary/aromatic N) is 1. The molecule has 0 aromatic heterocycles. The number of aryl methyl sites for hydroxylation is 2. The van der Waals surface area contributed by atoms with Crippen molar-refractivity contribution in [1.29, 1.82) is 0 Å². The third-order valence-corrected chi connectivity index (χ3v) is 4.02. The zero-order valence-corrected chi connectivity index (χ0v) is 11.4. The summed E-state index contributed by atoms with van der Waals surface area (Å²) in [7, 11) is 0. The second kappa shape index (κ2) is 5.39. The molecule has 0 saturated carbocycles. The number of aliphatic hydroxyl groups is 1. The average molecular weight is 248 g/mol. The van der Waals surface area contributed by atoms with Gasteiger partial charge in [-0.1, -0.05) is 23.8 Å². The number of hydrogen-bond donors (Lipinski definition) is 2. The molecule has 1 aliphatic rings. The van der Waals surface area contributed by atoms with Crippen LogP contribution in [0.5, 0.6) is 0 Å². The van der Waals surface area contributed by atoms with Crippen molar-refractivity contribution in [2.75, 3.05) is 26.2 Å². The molecule has 1 aromatic rings. The quantitative estimate of drug-likeness (QED) is 0.853. The van der Waals surface area contributed by atoms with Gasteiger partial charge in [-0.15, -0.1) is 0 Å². The Hall–Kier alpha value is -0.900. The normalized spacial score (nSPS) is 20.0. The lowest BCUT2D eigenvalue weighted by atomic mass is 9.81. The molecular formula is C15H24N2O. The molecule has 3 nitrogen and oxygen atoms in total. The fourth-order valence-corrected chi connectivity index (χ4v) is 2.84. The highest BCUT2D eigenvalue weighted by molar-refractivity contribution is 5.35. The summed E-state index contributed by atoms with van der Waals surface area (Å²) in [6.07, 6.45) is 1.61. The van der Waals surface area contributed by atoms with Gasteiger partial charge >= 0.3 is 0 Å². The molecule has 100 valence electrons. The standard InChI is InChI=1S/C15H24N2O/c1-12-3-4-13(2)14(11-12)15(18)5-8-17(9-6-15)10-7-16/h3-4,11,18H,5-10,16H2,1-2H3. The zero-order chi connectivity index (χ0) is 13.2. The lowest BCUT2D eigenvalue weighted by molar-refractivity contribution is -0.0256. The van der Waals surface area contributed by atoms with Gasteiger partial charge in [-0.2, -0.15) is 0 Å². The second-order valence-electron chi connectivity index (χ2n) is 5.48. The van der Waals surface area contributed by atoms with E-state index in [1.165, 1.54) is 11.1 Å². The van der Waals surface area contributed by atoms with Crippen molar-refractivity contribution in [2.24, 2.45) is 5.73 Å². The second-order valence-corrected chi connectivity index (χ2v) is 5.48. The summed E-state index contributed by atoms with van der Waals surface area (Å²) in [6, 6.07) is 6.34. The van der Waals surface area contributed by atoms with Crippen molar-refractivity contribution in [1.82, 2.24) is 4.90 Å². The molecule has 1 heterocycles. The van der Waals surface area contributed by atoms with E-state index < -0.39 is 5.60 Å². The predicted molar refractivity (Wildman–Crippen MR) is 74.5 cm³/mol.